The van der Waals surface area contributed by atoms with Crippen LogP contribution in [0.5, 0.6) is 5.75 Å². The number of ether oxygens (including phenoxy) is 1. The van der Waals surface area contributed by atoms with Gasteiger partial charge in [0.25, 0.3) is 5.91 Å². The third-order valence-electron chi connectivity index (χ3n) is 4.70. The van der Waals surface area contributed by atoms with Crippen LogP contribution in [0.15, 0.2) is 54.7 Å². The van der Waals surface area contributed by atoms with Crippen molar-refractivity contribution in [2.24, 2.45) is 0 Å². The van der Waals surface area contributed by atoms with Gasteiger partial charge in [-0.3, -0.25) is 4.79 Å². The molecule has 0 unspecified atom stereocenters. The molecular formula is C21H20FN3O2. The molecule has 0 radical (unpaired) electrons. The van der Waals surface area contributed by atoms with Gasteiger partial charge in [0.2, 0.25) is 0 Å². The summed E-state index contributed by atoms with van der Waals surface area (Å²) in [7, 11) is 0. The van der Waals surface area contributed by atoms with Crippen LogP contribution < -0.4 is 9.64 Å². The molecule has 1 aliphatic rings. The third kappa shape index (κ3) is 3.07. The summed E-state index contributed by atoms with van der Waals surface area (Å²) in [5, 5.41) is 4.46. The van der Waals surface area contributed by atoms with Crippen LogP contribution in [0.4, 0.5) is 10.1 Å². The van der Waals surface area contributed by atoms with E-state index in [2.05, 4.69) is 5.10 Å². The van der Waals surface area contributed by atoms with Crippen LogP contribution in [-0.4, -0.2) is 28.3 Å². The molecule has 138 valence electrons. The Balaban J connectivity index is 1.74. The zero-order chi connectivity index (χ0) is 19.0. The number of halogens is 1. The number of hydrogen-bond acceptors (Lipinski definition) is 3. The maximum atomic E-state index is 13.3. The second kappa shape index (κ2) is 6.87. The van der Waals surface area contributed by atoms with Crippen molar-refractivity contribution in [3.05, 3.63) is 71.8 Å². The SMILES string of the molecule is CCOc1cn(-c2ccc(F)cc2)nc1C(=O)N1c2ccccc2C[C@@H]1C. The van der Waals surface area contributed by atoms with Gasteiger partial charge in [0.05, 0.1) is 18.5 Å². The van der Waals surface area contributed by atoms with Gasteiger partial charge in [0, 0.05) is 11.7 Å². The van der Waals surface area contributed by atoms with E-state index in [1.807, 2.05) is 38.1 Å². The molecule has 0 aliphatic carbocycles. The van der Waals surface area contributed by atoms with E-state index >= 15 is 0 Å². The second-order valence-corrected chi connectivity index (χ2v) is 6.55. The van der Waals surface area contributed by atoms with Crippen LogP contribution in [-0.2, 0) is 6.42 Å². The maximum Gasteiger partial charge on any atom is 0.282 e. The molecule has 0 spiro atoms. The highest BCUT2D eigenvalue weighted by atomic mass is 19.1. The normalized spacial score (nSPS) is 15.7. The molecule has 6 heteroatoms. The van der Waals surface area contributed by atoms with Gasteiger partial charge < -0.3 is 9.64 Å². The largest absolute Gasteiger partial charge is 0.490 e. The highest BCUT2D eigenvalue weighted by Gasteiger charge is 2.34. The van der Waals surface area contributed by atoms with Crippen LogP contribution in [0.3, 0.4) is 0 Å². The Kier molecular flexibility index (Phi) is 4.39. The number of rotatable bonds is 4. The summed E-state index contributed by atoms with van der Waals surface area (Å²) >= 11 is 0. The van der Waals surface area contributed by atoms with E-state index in [1.54, 1.807) is 27.9 Å². The van der Waals surface area contributed by atoms with Gasteiger partial charge in [-0.05, 0) is 56.2 Å². The molecule has 1 aromatic heterocycles. The first-order valence-corrected chi connectivity index (χ1v) is 8.98. The number of anilines is 1. The molecule has 3 aromatic rings. The minimum atomic E-state index is -0.324. The Morgan fingerprint density at radius 3 is 2.70 bits per heavy atom. The zero-order valence-corrected chi connectivity index (χ0v) is 15.2. The zero-order valence-electron chi connectivity index (χ0n) is 15.2. The number of aromatic nitrogens is 2. The number of fused-ring (bicyclic) bond motifs is 1. The first-order chi connectivity index (χ1) is 13.1. The Morgan fingerprint density at radius 1 is 1.22 bits per heavy atom. The summed E-state index contributed by atoms with van der Waals surface area (Å²) < 4.78 is 20.4. The number of benzene rings is 2. The predicted molar refractivity (Wildman–Crippen MR) is 101 cm³/mol. The summed E-state index contributed by atoms with van der Waals surface area (Å²) in [5.41, 5.74) is 2.97. The van der Waals surface area contributed by atoms with Crippen molar-refractivity contribution in [2.45, 2.75) is 26.3 Å². The lowest BCUT2D eigenvalue weighted by atomic mass is 10.1. The number of carbonyl (C=O) groups excluding carboxylic acids is 1. The highest BCUT2D eigenvalue weighted by molar-refractivity contribution is 6.08. The molecule has 5 nitrogen and oxygen atoms in total. The minimum Gasteiger partial charge on any atom is -0.490 e. The van der Waals surface area contributed by atoms with Crippen LogP contribution in [0.1, 0.15) is 29.9 Å². The summed E-state index contributed by atoms with van der Waals surface area (Å²) in [6.45, 7) is 4.30. The van der Waals surface area contributed by atoms with Crippen molar-refractivity contribution in [3.63, 3.8) is 0 Å². The van der Waals surface area contributed by atoms with E-state index in [0.29, 0.717) is 18.0 Å². The Hall–Kier alpha value is -3.15. The fourth-order valence-electron chi connectivity index (χ4n) is 3.48. The lowest BCUT2D eigenvalue weighted by molar-refractivity contribution is 0.0972. The summed E-state index contributed by atoms with van der Waals surface area (Å²) in [6, 6.07) is 13.9. The monoisotopic (exact) mass is 365 g/mol. The molecule has 0 saturated carbocycles. The number of hydrogen-bond donors (Lipinski definition) is 0. The van der Waals surface area contributed by atoms with Crippen LogP contribution in [0.2, 0.25) is 0 Å². The van der Waals surface area contributed by atoms with Crippen molar-refractivity contribution >= 4 is 11.6 Å². The number of para-hydroxylation sites is 1. The van der Waals surface area contributed by atoms with E-state index < -0.39 is 0 Å². The van der Waals surface area contributed by atoms with Gasteiger partial charge in [0.15, 0.2) is 11.4 Å². The average Bonchev–Trinajstić information content (AvgIpc) is 3.22. The van der Waals surface area contributed by atoms with E-state index in [4.69, 9.17) is 4.74 Å². The molecule has 27 heavy (non-hydrogen) atoms. The Bertz CT molecular complexity index is 981. The smallest absolute Gasteiger partial charge is 0.282 e. The molecular weight excluding hydrogens is 345 g/mol. The van der Waals surface area contributed by atoms with Crippen molar-refractivity contribution in [1.82, 2.24) is 9.78 Å². The fraction of sp³-hybridized carbons (Fsp3) is 0.238. The number of nitrogens with zero attached hydrogens (tertiary/aromatic N) is 3. The molecule has 0 fully saturated rings. The van der Waals surface area contributed by atoms with Gasteiger partial charge >= 0.3 is 0 Å². The molecule has 1 atom stereocenters. The maximum absolute atomic E-state index is 13.3. The quantitative estimate of drug-likeness (QED) is 0.702. The fourth-order valence-corrected chi connectivity index (χ4v) is 3.48. The molecule has 1 amide bonds. The predicted octanol–water partition coefficient (Wildman–Crippen LogP) is 4.00. The van der Waals surface area contributed by atoms with Gasteiger partial charge in [-0.15, -0.1) is 0 Å². The molecule has 1 aliphatic heterocycles. The van der Waals surface area contributed by atoms with E-state index in [9.17, 15) is 9.18 Å². The van der Waals surface area contributed by atoms with Gasteiger partial charge in [-0.1, -0.05) is 18.2 Å². The number of carbonyl (C=O) groups is 1. The average molecular weight is 365 g/mol. The molecule has 0 N–H and O–H groups in total. The molecule has 0 bridgehead atoms. The first-order valence-electron chi connectivity index (χ1n) is 8.98. The lowest BCUT2D eigenvalue weighted by Crippen LogP contribution is -2.36. The number of amides is 1. The summed E-state index contributed by atoms with van der Waals surface area (Å²) in [4.78, 5) is 15.1. The van der Waals surface area contributed by atoms with Gasteiger partial charge in [0.1, 0.15) is 5.82 Å². The second-order valence-electron chi connectivity index (χ2n) is 6.55. The molecule has 2 heterocycles. The first kappa shape index (κ1) is 17.3. The lowest BCUT2D eigenvalue weighted by Gasteiger charge is -2.22. The van der Waals surface area contributed by atoms with Gasteiger partial charge in [-0.2, -0.15) is 5.10 Å². The summed E-state index contributed by atoms with van der Waals surface area (Å²) in [6.07, 6.45) is 2.47. The third-order valence-corrected chi connectivity index (χ3v) is 4.70. The van der Waals surface area contributed by atoms with Crippen molar-refractivity contribution in [3.8, 4) is 11.4 Å². The Morgan fingerprint density at radius 2 is 1.96 bits per heavy atom. The van der Waals surface area contributed by atoms with Crippen molar-refractivity contribution in [2.75, 3.05) is 11.5 Å². The standard InChI is InChI=1S/C21H20FN3O2/c1-3-27-19-13-24(17-10-8-16(22)9-11-17)23-20(19)21(26)25-14(2)12-15-6-4-5-7-18(15)25/h4-11,13-14H,3,12H2,1-2H3/t14-/m0/s1. The van der Waals surface area contributed by atoms with Crippen molar-refractivity contribution in [1.29, 1.82) is 0 Å². The molecule has 4 rings (SSSR count). The Labute approximate surface area is 157 Å². The minimum absolute atomic E-state index is 0.0420. The summed E-state index contributed by atoms with van der Waals surface area (Å²) in [5.74, 6) is -0.102. The van der Waals surface area contributed by atoms with Crippen LogP contribution >= 0.6 is 0 Å². The van der Waals surface area contributed by atoms with E-state index in [-0.39, 0.29) is 23.5 Å². The molecule has 0 saturated heterocycles. The van der Waals surface area contributed by atoms with E-state index in [0.717, 1.165) is 17.7 Å². The van der Waals surface area contributed by atoms with Crippen LogP contribution in [0, 0.1) is 5.82 Å². The highest BCUT2D eigenvalue weighted by Crippen LogP contribution is 2.34. The van der Waals surface area contributed by atoms with Crippen molar-refractivity contribution < 1.29 is 13.9 Å². The van der Waals surface area contributed by atoms with Gasteiger partial charge in [-0.25, -0.2) is 9.07 Å². The molecule has 2 aromatic carbocycles. The topological polar surface area (TPSA) is 47.4 Å². The van der Waals surface area contributed by atoms with Crippen LogP contribution in [0.25, 0.3) is 5.69 Å². The van der Waals surface area contributed by atoms with E-state index in [1.165, 1.54) is 12.1 Å².